The summed E-state index contributed by atoms with van der Waals surface area (Å²) in [7, 11) is 2.07. The van der Waals surface area contributed by atoms with E-state index < -0.39 is 0 Å². The molecule has 2 aromatic carbocycles. The SMILES string of the molecule is Cn1c(-c2ccc(OCO)cc2)cc2ccccc21. The molecule has 3 heteroatoms. The summed E-state index contributed by atoms with van der Waals surface area (Å²) in [6.07, 6.45) is 0. The van der Waals surface area contributed by atoms with Crippen LogP contribution in [0.5, 0.6) is 5.75 Å². The van der Waals surface area contributed by atoms with Gasteiger partial charge in [-0.15, -0.1) is 0 Å². The third-order valence-electron chi connectivity index (χ3n) is 3.33. The summed E-state index contributed by atoms with van der Waals surface area (Å²) in [4.78, 5) is 0. The van der Waals surface area contributed by atoms with Crippen LogP contribution in [0.2, 0.25) is 0 Å². The number of ether oxygens (including phenoxy) is 1. The molecule has 0 unspecified atom stereocenters. The summed E-state index contributed by atoms with van der Waals surface area (Å²) >= 11 is 0. The molecule has 0 aliphatic rings. The Kier molecular flexibility index (Phi) is 2.97. The maximum Gasteiger partial charge on any atom is 0.186 e. The van der Waals surface area contributed by atoms with Gasteiger partial charge in [0.15, 0.2) is 6.79 Å². The molecule has 19 heavy (non-hydrogen) atoms. The standard InChI is InChI=1S/C16H15NO2/c1-17-15-5-3-2-4-13(15)10-16(17)12-6-8-14(9-7-12)19-11-18/h2-10,18H,11H2,1H3. The summed E-state index contributed by atoms with van der Waals surface area (Å²) in [5, 5.41) is 9.95. The van der Waals surface area contributed by atoms with E-state index in [1.54, 1.807) is 0 Å². The zero-order valence-electron chi connectivity index (χ0n) is 10.7. The average Bonchev–Trinajstić information content (AvgIpc) is 2.78. The fourth-order valence-corrected chi connectivity index (χ4v) is 2.36. The highest BCUT2D eigenvalue weighted by atomic mass is 16.6. The predicted molar refractivity (Wildman–Crippen MR) is 76.1 cm³/mol. The van der Waals surface area contributed by atoms with Crippen LogP contribution in [0.3, 0.4) is 0 Å². The zero-order chi connectivity index (χ0) is 13.2. The van der Waals surface area contributed by atoms with Gasteiger partial charge in [-0.1, -0.05) is 18.2 Å². The molecule has 1 heterocycles. The average molecular weight is 253 g/mol. The Morgan fingerprint density at radius 1 is 1.05 bits per heavy atom. The van der Waals surface area contributed by atoms with Gasteiger partial charge in [0.2, 0.25) is 0 Å². The third-order valence-corrected chi connectivity index (χ3v) is 3.33. The van der Waals surface area contributed by atoms with Crippen molar-refractivity contribution in [2.24, 2.45) is 7.05 Å². The first kappa shape index (κ1) is 11.8. The summed E-state index contributed by atoms with van der Waals surface area (Å²) < 4.78 is 7.21. The van der Waals surface area contributed by atoms with Crippen LogP contribution in [0.1, 0.15) is 0 Å². The minimum atomic E-state index is -0.298. The molecule has 0 bridgehead atoms. The van der Waals surface area contributed by atoms with Crippen molar-refractivity contribution in [1.82, 2.24) is 4.57 Å². The molecule has 0 saturated heterocycles. The molecule has 0 aliphatic carbocycles. The number of fused-ring (bicyclic) bond motifs is 1. The first-order valence-electron chi connectivity index (χ1n) is 6.18. The molecule has 96 valence electrons. The van der Waals surface area contributed by atoms with Crippen LogP contribution in [-0.4, -0.2) is 16.5 Å². The Labute approximate surface area is 111 Å². The molecule has 3 rings (SSSR count). The number of benzene rings is 2. The fraction of sp³-hybridized carbons (Fsp3) is 0.125. The molecule has 0 atom stereocenters. The lowest BCUT2D eigenvalue weighted by Gasteiger charge is -2.06. The van der Waals surface area contributed by atoms with Crippen LogP contribution < -0.4 is 4.74 Å². The minimum absolute atomic E-state index is 0.298. The van der Waals surface area contributed by atoms with Gasteiger partial charge in [0.1, 0.15) is 5.75 Å². The largest absolute Gasteiger partial charge is 0.468 e. The fourth-order valence-electron chi connectivity index (χ4n) is 2.36. The van der Waals surface area contributed by atoms with Gasteiger partial charge < -0.3 is 14.4 Å². The van der Waals surface area contributed by atoms with E-state index in [4.69, 9.17) is 9.84 Å². The Hall–Kier alpha value is -2.26. The van der Waals surface area contributed by atoms with E-state index in [0.29, 0.717) is 5.75 Å². The molecule has 0 aliphatic heterocycles. The highest BCUT2D eigenvalue weighted by molar-refractivity contribution is 5.86. The number of hydrogen-bond donors (Lipinski definition) is 1. The van der Waals surface area contributed by atoms with Crippen LogP contribution in [0.15, 0.2) is 54.6 Å². The lowest BCUT2D eigenvalue weighted by atomic mass is 10.1. The van der Waals surface area contributed by atoms with E-state index in [1.807, 2.05) is 36.4 Å². The third kappa shape index (κ3) is 2.09. The molecule has 0 radical (unpaired) electrons. The highest BCUT2D eigenvalue weighted by Gasteiger charge is 2.07. The normalized spacial score (nSPS) is 10.8. The topological polar surface area (TPSA) is 34.4 Å². The molecular formula is C16H15NO2. The molecular weight excluding hydrogens is 238 g/mol. The van der Waals surface area contributed by atoms with E-state index in [1.165, 1.54) is 10.9 Å². The number of nitrogens with zero attached hydrogens (tertiary/aromatic N) is 1. The van der Waals surface area contributed by atoms with Crippen molar-refractivity contribution in [1.29, 1.82) is 0 Å². The van der Waals surface area contributed by atoms with Crippen molar-refractivity contribution in [2.45, 2.75) is 0 Å². The molecule has 0 spiro atoms. The molecule has 0 fully saturated rings. The van der Waals surface area contributed by atoms with Gasteiger partial charge in [-0.3, -0.25) is 0 Å². The van der Waals surface area contributed by atoms with Gasteiger partial charge in [-0.25, -0.2) is 0 Å². The second-order valence-corrected chi connectivity index (χ2v) is 4.45. The Balaban J connectivity index is 2.06. The van der Waals surface area contributed by atoms with E-state index in [2.05, 4.69) is 29.8 Å². The van der Waals surface area contributed by atoms with Crippen molar-refractivity contribution in [3.8, 4) is 17.0 Å². The molecule has 1 aromatic heterocycles. The van der Waals surface area contributed by atoms with Crippen LogP contribution in [0.25, 0.3) is 22.2 Å². The molecule has 0 amide bonds. The van der Waals surface area contributed by atoms with Crippen molar-refractivity contribution in [3.05, 3.63) is 54.6 Å². The Morgan fingerprint density at radius 3 is 2.47 bits per heavy atom. The number of aliphatic hydroxyl groups is 1. The molecule has 3 aromatic rings. The molecule has 1 N–H and O–H groups in total. The summed E-state index contributed by atoms with van der Waals surface area (Å²) in [6.45, 7) is -0.298. The Morgan fingerprint density at radius 2 is 1.79 bits per heavy atom. The van der Waals surface area contributed by atoms with Crippen molar-refractivity contribution < 1.29 is 9.84 Å². The van der Waals surface area contributed by atoms with Crippen LogP contribution >= 0.6 is 0 Å². The number of aliphatic hydroxyl groups excluding tert-OH is 1. The van der Waals surface area contributed by atoms with Gasteiger partial charge in [-0.2, -0.15) is 0 Å². The first-order valence-corrected chi connectivity index (χ1v) is 6.18. The van der Waals surface area contributed by atoms with E-state index in [9.17, 15) is 0 Å². The smallest absolute Gasteiger partial charge is 0.186 e. The summed E-state index contributed by atoms with van der Waals surface area (Å²) in [6, 6.07) is 18.2. The van der Waals surface area contributed by atoms with Gasteiger partial charge in [0.25, 0.3) is 0 Å². The van der Waals surface area contributed by atoms with Crippen molar-refractivity contribution >= 4 is 10.9 Å². The Bertz CT molecular complexity index is 698. The van der Waals surface area contributed by atoms with Crippen molar-refractivity contribution in [3.63, 3.8) is 0 Å². The molecule has 3 nitrogen and oxygen atoms in total. The maximum absolute atomic E-state index is 8.72. The second-order valence-electron chi connectivity index (χ2n) is 4.45. The van der Waals surface area contributed by atoms with E-state index in [-0.39, 0.29) is 6.79 Å². The predicted octanol–water partition coefficient (Wildman–Crippen LogP) is 3.17. The van der Waals surface area contributed by atoms with Crippen LogP contribution in [-0.2, 0) is 7.05 Å². The highest BCUT2D eigenvalue weighted by Crippen LogP contribution is 2.28. The number of aryl methyl sites for hydroxylation is 1. The quantitative estimate of drug-likeness (QED) is 0.727. The second kappa shape index (κ2) is 4.78. The number of rotatable bonds is 3. The van der Waals surface area contributed by atoms with E-state index in [0.717, 1.165) is 11.3 Å². The monoisotopic (exact) mass is 253 g/mol. The zero-order valence-corrected chi connectivity index (χ0v) is 10.7. The number of aromatic nitrogens is 1. The van der Waals surface area contributed by atoms with Gasteiger partial charge in [-0.05, 0) is 42.0 Å². The summed E-state index contributed by atoms with van der Waals surface area (Å²) in [5.41, 5.74) is 3.51. The van der Waals surface area contributed by atoms with Gasteiger partial charge in [0, 0.05) is 23.6 Å². The maximum atomic E-state index is 8.72. The lowest BCUT2D eigenvalue weighted by molar-refractivity contribution is 0.0985. The van der Waals surface area contributed by atoms with Gasteiger partial charge >= 0.3 is 0 Å². The molecule has 0 saturated carbocycles. The number of hydrogen-bond acceptors (Lipinski definition) is 2. The minimum Gasteiger partial charge on any atom is -0.468 e. The van der Waals surface area contributed by atoms with Crippen LogP contribution in [0, 0.1) is 0 Å². The number of para-hydroxylation sites is 1. The lowest BCUT2D eigenvalue weighted by Crippen LogP contribution is -1.95. The van der Waals surface area contributed by atoms with Crippen molar-refractivity contribution in [2.75, 3.05) is 6.79 Å². The van der Waals surface area contributed by atoms with E-state index >= 15 is 0 Å². The first-order chi connectivity index (χ1) is 9.29. The van der Waals surface area contributed by atoms with Crippen LogP contribution in [0.4, 0.5) is 0 Å². The van der Waals surface area contributed by atoms with Gasteiger partial charge in [0.05, 0.1) is 0 Å². The summed E-state index contributed by atoms with van der Waals surface area (Å²) in [5.74, 6) is 0.671.